The van der Waals surface area contributed by atoms with Crippen molar-refractivity contribution < 1.29 is 14.6 Å². The summed E-state index contributed by atoms with van der Waals surface area (Å²) in [6.45, 7) is 8.41. The normalized spacial score (nSPS) is 37.4. The van der Waals surface area contributed by atoms with Gasteiger partial charge in [-0.05, 0) is 78.7 Å². The third-order valence-corrected chi connectivity index (χ3v) is 11.0. The molecule has 5 aliphatic rings. The van der Waals surface area contributed by atoms with Gasteiger partial charge in [-0.3, -0.25) is 0 Å². The molecule has 3 fully saturated rings. The van der Waals surface area contributed by atoms with Crippen LogP contribution in [-0.2, 0) is 9.47 Å². The number of aliphatic hydroxyl groups is 1. The maximum atomic E-state index is 11.2. The number of aromatic nitrogens is 2. The number of rotatable bonds is 2. The molecule has 0 radical (unpaired) electrons. The Bertz CT molecular complexity index is 1210. The molecule has 1 spiro atoms. The molecule has 38 heavy (non-hydrogen) atoms. The summed E-state index contributed by atoms with van der Waals surface area (Å²) >= 11 is 0. The highest BCUT2D eigenvalue weighted by atomic mass is 16.7. The summed E-state index contributed by atoms with van der Waals surface area (Å²) in [6.07, 6.45) is 13.7. The van der Waals surface area contributed by atoms with Crippen molar-refractivity contribution in [3.05, 3.63) is 59.7 Å². The van der Waals surface area contributed by atoms with Gasteiger partial charge in [-0.1, -0.05) is 56.2 Å². The molecular weight excluding hydrogens is 472 g/mol. The maximum Gasteiger partial charge on any atom is 0.172 e. The summed E-state index contributed by atoms with van der Waals surface area (Å²) in [7, 11) is 0. The van der Waals surface area contributed by atoms with Crippen molar-refractivity contribution in [3.8, 4) is 11.1 Å². The van der Waals surface area contributed by atoms with Crippen LogP contribution >= 0.6 is 0 Å². The molecule has 1 aromatic carbocycles. The van der Waals surface area contributed by atoms with Crippen molar-refractivity contribution in [2.24, 2.45) is 28.6 Å². The number of ether oxygens (including phenoxy) is 2. The lowest BCUT2D eigenvalue weighted by atomic mass is 9.49. The zero-order valence-electron chi connectivity index (χ0n) is 23.2. The lowest BCUT2D eigenvalue weighted by Gasteiger charge is -2.56. The van der Waals surface area contributed by atoms with Gasteiger partial charge in [0.15, 0.2) is 5.79 Å². The average molecular weight is 515 g/mol. The fourth-order valence-electron chi connectivity index (χ4n) is 8.97. The second-order valence-corrected chi connectivity index (χ2v) is 14.0. The van der Waals surface area contributed by atoms with Crippen molar-refractivity contribution in [2.45, 2.75) is 89.9 Å². The van der Waals surface area contributed by atoms with E-state index < -0.39 is 5.79 Å². The molecule has 2 saturated carbocycles. The first-order valence-electron chi connectivity index (χ1n) is 14.8. The van der Waals surface area contributed by atoms with E-state index in [2.05, 4.69) is 55.0 Å². The predicted molar refractivity (Wildman–Crippen MR) is 147 cm³/mol. The number of hydrogen-bond acceptors (Lipinski definition) is 5. The lowest BCUT2D eigenvalue weighted by molar-refractivity contribution is -0.303. The average Bonchev–Trinajstić information content (AvgIpc) is 3.24. The molecule has 7 rings (SSSR count). The van der Waals surface area contributed by atoms with E-state index in [9.17, 15) is 5.11 Å². The van der Waals surface area contributed by atoms with Gasteiger partial charge in [0, 0.05) is 36.2 Å². The number of nitrogens with zero attached hydrogens (tertiary/aromatic N) is 2. The molecule has 1 aromatic heterocycles. The van der Waals surface area contributed by atoms with E-state index in [4.69, 9.17) is 9.47 Å². The minimum Gasteiger partial charge on any atom is -0.393 e. The number of benzene rings is 1. The van der Waals surface area contributed by atoms with Crippen molar-refractivity contribution in [2.75, 3.05) is 13.2 Å². The van der Waals surface area contributed by atoms with Gasteiger partial charge in [0.2, 0.25) is 0 Å². The first kappa shape index (κ1) is 24.9. The van der Waals surface area contributed by atoms with Gasteiger partial charge in [0.1, 0.15) is 6.33 Å². The molecule has 0 bridgehead atoms. The lowest BCUT2D eigenvalue weighted by Crippen LogP contribution is -2.52. The van der Waals surface area contributed by atoms with Crippen LogP contribution in [0.1, 0.15) is 83.6 Å². The van der Waals surface area contributed by atoms with E-state index in [0.29, 0.717) is 23.7 Å². The summed E-state index contributed by atoms with van der Waals surface area (Å²) < 4.78 is 12.9. The summed E-state index contributed by atoms with van der Waals surface area (Å²) in [4.78, 5) is 8.41. The summed E-state index contributed by atoms with van der Waals surface area (Å²) in [5.74, 6) is 1.85. The maximum absolute atomic E-state index is 11.2. The van der Waals surface area contributed by atoms with E-state index in [1.807, 2.05) is 12.4 Å². The van der Waals surface area contributed by atoms with Crippen LogP contribution in [0.2, 0.25) is 0 Å². The molecule has 202 valence electrons. The number of allylic oxidation sites excluding steroid dienone is 1. The van der Waals surface area contributed by atoms with Crippen LogP contribution in [0.25, 0.3) is 11.1 Å². The van der Waals surface area contributed by atoms with Gasteiger partial charge in [-0.25, -0.2) is 9.97 Å². The largest absolute Gasteiger partial charge is 0.393 e. The highest BCUT2D eigenvalue weighted by Gasteiger charge is 2.59. The van der Waals surface area contributed by atoms with Gasteiger partial charge in [-0.2, -0.15) is 0 Å². The zero-order valence-corrected chi connectivity index (χ0v) is 23.2. The Balaban J connectivity index is 1.24. The Morgan fingerprint density at radius 1 is 0.895 bits per heavy atom. The fraction of sp³-hybridized carbons (Fsp3) is 0.636. The van der Waals surface area contributed by atoms with Crippen molar-refractivity contribution in [3.63, 3.8) is 0 Å². The highest BCUT2D eigenvalue weighted by molar-refractivity contribution is 5.61. The minimum absolute atomic E-state index is 0.00685. The smallest absolute Gasteiger partial charge is 0.172 e. The van der Waals surface area contributed by atoms with Gasteiger partial charge in [-0.15, -0.1) is 0 Å². The van der Waals surface area contributed by atoms with E-state index in [1.165, 1.54) is 18.4 Å². The third kappa shape index (κ3) is 4.00. The van der Waals surface area contributed by atoms with Crippen molar-refractivity contribution in [1.29, 1.82) is 0 Å². The van der Waals surface area contributed by atoms with E-state index >= 15 is 0 Å². The van der Waals surface area contributed by atoms with Crippen molar-refractivity contribution >= 4 is 0 Å². The summed E-state index contributed by atoms with van der Waals surface area (Å²) in [5.41, 5.74) is 7.05. The van der Waals surface area contributed by atoms with Crippen LogP contribution < -0.4 is 0 Å². The molecule has 0 amide bonds. The first-order valence-corrected chi connectivity index (χ1v) is 14.8. The standard InChI is InChI=1S/C33H42N2O3/c1-31(2)18-37-33(38-19-31)13-12-25-23(14-33)8-9-26-28-10-11-29(36)32(28,3)15-27(30(25)26)22-6-4-21(5-7-22)24-16-34-20-35-17-24/h4-7,16-17,20,26-30,36H,8-15,18-19H2,1-3H3/t26-,27+,28-,29-,30+,32-/m0/s1. The molecule has 4 aliphatic carbocycles. The molecule has 5 heteroatoms. The van der Waals surface area contributed by atoms with Crippen LogP contribution in [0.3, 0.4) is 0 Å². The second kappa shape index (κ2) is 8.97. The second-order valence-electron chi connectivity index (χ2n) is 14.0. The van der Waals surface area contributed by atoms with Gasteiger partial charge in [0.25, 0.3) is 0 Å². The Kier molecular flexibility index (Phi) is 5.88. The number of aliphatic hydroxyl groups excluding tert-OH is 1. The third-order valence-electron chi connectivity index (χ3n) is 11.0. The quantitative estimate of drug-likeness (QED) is 0.453. The number of hydrogen-bond donors (Lipinski definition) is 1. The van der Waals surface area contributed by atoms with Gasteiger partial charge < -0.3 is 14.6 Å². The minimum atomic E-state index is -0.414. The molecule has 1 saturated heterocycles. The zero-order chi connectivity index (χ0) is 26.1. The van der Waals surface area contributed by atoms with Crippen molar-refractivity contribution in [1.82, 2.24) is 9.97 Å². The fourth-order valence-corrected chi connectivity index (χ4v) is 8.97. The molecule has 2 heterocycles. The van der Waals surface area contributed by atoms with Gasteiger partial charge >= 0.3 is 0 Å². The van der Waals surface area contributed by atoms with Crippen LogP contribution in [0.5, 0.6) is 0 Å². The van der Waals surface area contributed by atoms with Crippen LogP contribution in [0.4, 0.5) is 0 Å². The topological polar surface area (TPSA) is 64.5 Å². The molecule has 5 nitrogen and oxygen atoms in total. The van der Waals surface area contributed by atoms with E-state index in [0.717, 1.165) is 62.9 Å². The SMILES string of the molecule is CC1(C)COC2(CCC3=C(CC[C@@H]4[C@@H]3[C@@H](c3ccc(-c5cncnc5)cc3)C[C@]3(C)[C@@H](O)CC[C@@H]43)C2)OC1. The van der Waals surface area contributed by atoms with Gasteiger partial charge in [0.05, 0.1) is 19.3 Å². The Hall–Kier alpha value is -2.08. The molecule has 2 aromatic rings. The molecule has 0 unspecified atom stereocenters. The van der Waals surface area contributed by atoms with Crippen LogP contribution in [0.15, 0.2) is 54.1 Å². The number of fused-ring (bicyclic) bond motifs is 4. The van der Waals surface area contributed by atoms with Crippen LogP contribution in [0, 0.1) is 28.6 Å². The Morgan fingerprint density at radius 2 is 1.63 bits per heavy atom. The predicted octanol–water partition coefficient (Wildman–Crippen LogP) is 6.68. The van der Waals surface area contributed by atoms with Crippen LogP contribution in [-0.4, -0.2) is 40.2 Å². The molecular formula is C33H42N2O3. The Labute approximate surface area is 227 Å². The Morgan fingerprint density at radius 3 is 2.37 bits per heavy atom. The molecule has 6 atom stereocenters. The monoisotopic (exact) mass is 514 g/mol. The first-order chi connectivity index (χ1) is 18.3. The molecule has 1 N–H and O–H groups in total. The summed E-state index contributed by atoms with van der Waals surface area (Å²) in [6, 6.07) is 9.15. The summed E-state index contributed by atoms with van der Waals surface area (Å²) in [5, 5.41) is 11.2. The van der Waals surface area contributed by atoms with E-state index in [-0.39, 0.29) is 16.9 Å². The van der Waals surface area contributed by atoms with E-state index in [1.54, 1.807) is 17.5 Å². The highest BCUT2D eigenvalue weighted by Crippen LogP contribution is 2.65. The molecule has 1 aliphatic heterocycles.